The van der Waals surface area contributed by atoms with Crippen LogP contribution in [0.2, 0.25) is 0 Å². The summed E-state index contributed by atoms with van der Waals surface area (Å²) in [5.41, 5.74) is 6.44. The maximum absolute atomic E-state index is 5.46. The third-order valence-electron chi connectivity index (χ3n) is 1.47. The van der Waals surface area contributed by atoms with Crippen molar-refractivity contribution >= 4 is 15.9 Å². The molecule has 0 fully saturated rings. The Hall–Kier alpha value is -0.350. The molecule has 0 aliphatic heterocycles. The maximum Gasteiger partial charge on any atom is 0.128 e. The quantitative estimate of drug-likeness (QED) is 0.809. The highest BCUT2D eigenvalue weighted by Gasteiger charge is 2.03. The van der Waals surface area contributed by atoms with E-state index in [1.54, 1.807) is 0 Å². The van der Waals surface area contributed by atoms with Gasteiger partial charge in [0.2, 0.25) is 0 Å². The number of H-pyrrole nitrogens is 1. The summed E-state index contributed by atoms with van der Waals surface area (Å²) >= 11 is 3.32. The number of nitrogens with zero attached hydrogens (tertiary/aromatic N) is 1. The summed E-state index contributed by atoms with van der Waals surface area (Å²) in [5, 5.41) is 0. The van der Waals surface area contributed by atoms with E-state index in [-0.39, 0.29) is 0 Å². The van der Waals surface area contributed by atoms with Crippen LogP contribution in [0.5, 0.6) is 0 Å². The van der Waals surface area contributed by atoms with Crippen LogP contribution in [0.3, 0.4) is 0 Å². The Bertz CT molecular complexity index is 232. The SMILES string of the molecule is CCCc1nc(Br)c(CN)[nH]1. The summed E-state index contributed by atoms with van der Waals surface area (Å²) in [7, 11) is 0. The Balaban J connectivity index is 2.77. The van der Waals surface area contributed by atoms with E-state index in [4.69, 9.17) is 5.73 Å². The molecule has 3 N–H and O–H groups in total. The van der Waals surface area contributed by atoms with Gasteiger partial charge in [-0.15, -0.1) is 0 Å². The molecule has 1 aromatic rings. The van der Waals surface area contributed by atoms with E-state index in [2.05, 4.69) is 32.8 Å². The molecule has 0 bridgehead atoms. The molecule has 0 aliphatic carbocycles. The Labute approximate surface area is 74.5 Å². The van der Waals surface area contributed by atoms with Crippen LogP contribution in [0.15, 0.2) is 4.60 Å². The summed E-state index contributed by atoms with van der Waals surface area (Å²) in [6, 6.07) is 0. The van der Waals surface area contributed by atoms with Gasteiger partial charge < -0.3 is 10.7 Å². The summed E-state index contributed by atoms with van der Waals surface area (Å²) in [6.07, 6.45) is 2.09. The van der Waals surface area contributed by atoms with Gasteiger partial charge in [-0.1, -0.05) is 6.92 Å². The van der Waals surface area contributed by atoms with E-state index in [1.165, 1.54) is 0 Å². The first-order valence-corrected chi connectivity index (χ1v) is 4.50. The van der Waals surface area contributed by atoms with Gasteiger partial charge in [-0.3, -0.25) is 0 Å². The van der Waals surface area contributed by atoms with E-state index in [0.29, 0.717) is 6.54 Å². The summed E-state index contributed by atoms with van der Waals surface area (Å²) < 4.78 is 0.850. The monoisotopic (exact) mass is 217 g/mol. The largest absolute Gasteiger partial charge is 0.344 e. The van der Waals surface area contributed by atoms with Gasteiger partial charge in [0.15, 0.2) is 0 Å². The van der Waals surface area contributed by atoms with E-state index < -0.39 is 0 Å². The molecule has 4 heteroatoms. The minimum Gasteiger partial charge on any atom is -0.344 e. The van der Waals surface area contributed by atoms with E-state index in [0.717, 1.165) is 29.0 Å². The highest BCUT2D eigenvalue weighted by molar-refractivity contribution is 9.10. The molecule has 0 radical (unpaired) electrons. The third-order valence-corrected chi connectivity index (χ3v) is 2.12. The lowest BCUT2D eigenvalue weighted by Gasteiger charge is -1.89. The maximum atomic E-state index is 5.46. The fourth-order valence-electron chi connectivity index (χ4n) is 0.930. The molecule has 0 atom stereocenters. The van der Waals surface area contributed by atoms with Crippen molar-refractivity contribution in [3.63, 3.8) is 0 Å². The van der Waals surface area contributed by atoms with Crippen LogP contribution in [0.1, 0.15) is 24.9 Å². The Morgan fingerprint density at radius 2 is 2.36 bits per heavy atom. The van der Waals surface area contributed by atoms with Crippen molar-refractivity contribution in [2.75, 3.05) is 0 Å². The number of hydrogen-bond acceptors (Lipinski definition) is 2. The minimum absolute atomic E-state index is 0.511. The second-order valence-corrected chi connectivity index (χ2v) is 3.16. The van der Waals surface area contributed by atoms with Crippen LogP contribution < -0.4 is 5.73 Å². The Morgan fingerprint density at radius 3 is 2.82 bits per heavy atom. The number of aryl methyl sites for hydroxylation is 1. The van der Waals surface area contributed by atoms with Crippen LogP contribution >= 0.6 is 15.9 Å². The first-order chi connectivity index (χ1) is 5.27. The lowest BCUT2D eigenvalue weighted by Crippen LogP contribution is -1.97. The number of rotatable bonds is 3. The summed E-state index contributed by atoms with van der Waals surface area (Å²) in [4.78, 5) is 7.40. The molecular weight excluding hydrogens is 206 g/mol. The predicted octanol–water partition coefficient (Wildman–Crippen LogP) is 1.58. The van der Waals surface area contributed by atoms with Crippen LogP contribution in [0.25, 0.3) is 0 Å². The second-order valence-electron chi connectivity index (χ2n) is 2.41. The fraction of sp³-hybridized carbons (Fsp3) is 0.571. The number of aromatic nitrogens is 2. The molecule has 0 amide bonds. The minimum atomic E-state index is 0.511. The normalized spacial score (nSPS) is 10.5. The average molecular weight is 218 g/mol. The molecule has 0 saturated heterocycles. The molecule has 0 aliphatic rings. The van der Waals surface area contributed by atoms with Gasteiger partial charge in [0.1, 0.15) is 10.4 Å². The highest BCUT2D eigenvalue weighted by atomic mass is 79.9. The number of nitrogens with one attached hydrogen (secondary N) is 1. The molecule has 3 nitrogen and oxygen atoms in total. The Kier molecular flexibility index (Phi) is 3.08. The zero-order valence-corrected chi connectivity index (χ0v) is 8.11. The molecule has 0 aromatic carbocycles. The first kappa shape index (κ1) is 8.74. The van der Waals surface area contributed by atoms with Crippen molar-refractivity contribution in [3.8, 4) is 0 Å². The fourth-order valence-corrected chi connectivity index (χ4v) is 1.41. The van der Waals surface area contributed by atoms with Gasteiger partial charge in [0.05, 0.1) is 5.69 Å². The lowest BCUT2D eigenvalue weighted by molar-refractivity contribution is 0.847. The predicted molar refractivity (Wildman–Crippen MR) is 48.2 cm³/mol. The lowest BCUT2D eigenvalue weighted by atomic mass is 10.3. The van der Waals surface area contributed by atoms with Crippen molar-refractivity contribution in [1.29, 1.82) is 0 Å². The topological polar surface area (TPSA) is 54.7 Å². The van der Waals surface area contributed by atoms with Crippen LogP contribution in [0, 0.1) is 0 Å². The number of aromatic amines is 1. The molecule has 1 aromatic heterocycles. The summed E-state index contributed by atoms with van der Waals surface area (Å²) in [6.45, 7) is 2.63. The smallest absolute Gasteiger partial charge is 0.128 e. The van der Waals surface area contributed by atoms with Crippen molar-refractivity contribution in [2.24, 2.45) is 5.73 Å². The number of imidazole rings is 1. The van der Waals surface area contributed by atoms with Gasteiger partial charge in [-0.25, -0.2) is 4.98 Å². The average Bonchev–Trinajstić information content (AvgIpc) is 2.32. The van der Waals surface area contributed by atoms with E-state index in [9.17, 15) is 0 Å². The number of nitrogens with two attached hydrogens (primary N) is 1. The van der Waals surface area contributed by atoms with Gasteiger partial charge in [-0.05, 0) is 22.4 Å². The molecule has 62 valence electrons. The molecular formula is C7H12BrN3. The van der Waals surface area contributed by atoms with Crippen molar-refractivity contribution in [3.05, 3.63) is 16.1 Å². The molecule has 0 unspecified atom stereocenters. The van der Waals surface area contributed by atoms with E-state index >= 15 is 0 Å². The summed E-state index contributed by atoms with van der Waals surface area (Å²) in [5.74, 6) is 1.01. The molecule has 0 saturated carbocycles. The first-order valence-electron chi connectivity index (χ1n) is 3.71. The van der Waals surface area contributed by atoms with Gasteiger partial charge >= 0.3 is 0 Å². The van der Waals surface area contributed by atoms with Crippen molar-refractivity contribution < 1.29 is 0 Å². The van der Waals surface area contributed by atoms with Crippen LogP contribution in [0.4, 0.5) is 0 Å². The second kappa shape index (κ2) is 3.88. The molecule has 1 rings (SSSR count). The standard InChI is InChI=1S/C7H12BrN3/c1-2-3-6-10-5(4-9)7(8)11-6/h2-4,9H2,1H3,(H,10,11). The zero-order valence-electron chi connectivity index (χ0n) is 6.52. The van der Waals surface area contributed by atoms with Gasteiger partial charge in [0.25, 0.3) is 0 Å². The number of hydrogen-bond donors (Lipinski definition) is 2. The van der Waals surface area contributed by atoms with Crippen molar-refractivity contribution in [1.82, 2.24) is 9.97 Å². The highest BCUT2D eigenvalue weighted by Crippen LogP contribution is 2.13. The van der Waals surface area contributed by atoms with Gasteiger partial charge in [0, 0.05) is 13.0 Å². The van der Waals surface area contributed by atoms with Crippen LogP contribution in [-0.2, 0) is 13.0 Å². The van der Waals surface area contributed by atoms with E-state index in [1.807, 2.05) is 0 Å². The van der Waals surface area contributed by atoms with Crippen LogP contribution in [-0.4, -0.2) is 9.97 Å². The Morgan fingerprint density at radius 1 is 1.64 bits per heavy atom. The number of halogens is 1. The molecule has 11 heavy (non-hydrogen) atoms. The molecule has 1 heterocycles. The molecule has 0 spiro atoms. The van der Waals surface area contributed by atoms with Crippen molar-refractivity contribution in [2.45, 2.75) is 26.3 Å². The third kappa shape index (κ3) is 2.04. The zero-order chi connectivity index (χ0) is 8.27. The van der Waals surface area contributed by atoms with Gasteiger partial charge in [-0.2, -0.15) is 0 Å².